The number of hydrogen-bond acceptors (Lipinski definition) is 2. The highest BCUT2D eigenvalue weighted by Gasteiger charge is 1.93. The highest BCUT2D eigenvalue weighted by molar-refractivity contribution is 5.74. The Hall–Kier alpha value is -1.57. The molecule has 85 valence electrons. The second kappa shape index (κ2) is 7.69. The highest BCUT2D eigenvalue weighted by atomic mass is 16.5. The van der Waals surface area contributed by atoms with Gasteiger partial charge in [0, 0.05) is 0 Å². The molecule has 0 fully saturated rings. The monoisotopic (exact) mass is 217 g/mol. The smallest absolute Gasteiger partial charge is 0.225 e. The van der Waals surface area contributed by atoms with Crippen molar-refractivity contribution in [2.75, 3.05) is 6.61 Å². The lowest BCUT2D eigenvalue weighted by Gasteiger charge is -2.05. The Labute approximate surface area is 96.9 Å². The summed E-state index contributed by atoms with van der Waals surface area (Å²) in [6.07, 6.45) is 8.30. The van der Waals surface area contributed by atoms with Crippen LogP contribution in [0.1, 0.15) is 31.7 Å². The Kier molecular flexibility index (Phi) is 6.00. The van der Waals surface area contributed by atoms with E-state index in [-0.39, 0.29) is 0 Å². The summed E-state index contributed by atoms with van der Waals surface area (Å²) in [6, 6.07) is 7.67. The van der Waals surface area contributed by atoms with Crippen molar-refractivity contribution in [2.45, 2.75) is 26.2 Å². The van der Waals surface area contributed by atoms with E-state index in [1.54, 1.807) is 12.4 Å². The molecule has 0 amide bonds. The molecule has 0 aromatic heterocycles. The number of ether oxygens (including phenoxy) is 1. The summed E-state index contributed by atoms with van der Waals surface area (Å²) in [7, 11) is 0. The molecule has 0 saturated carbocycles. The fourth-order valence-corrected chi connectivity index (χ4v) is 1.35. The van der Waals surface area contributed by atoms with Crippen molar-refractivity contribution in [3.8, 4) is 5.75 Å². The number of unbranched alkanes of at least 4 members (excludes halogenated alkanes) is 2. The third-order valence-corrected chi connectivity index (χ3v) is 2.24. The van der Waals surface area contributed by atoms with E-state index < -0.39 is 0 Å². The topological polar surface area (TPSA) is 26.3 Å². The Bertz CT molecular complexity index is 325. The third-order valence-electron chi connectivity index (χ3n) is 2.24. The van der Waals surface area contributed by atoms with E-state index in [0.717, 1.165) is 24.3 Å². The van der Waals surface area contributed by atoms with Crippen LogP contribution in [0.3, 0.4) is 0 Å². The standard InChI is InChI=1S/C14H17O2/c1-2-3-4-12-16-14-9-7-13(8-10-14)6-5-11-15/h5-10H,2-4,12H2,1H3/b6-5+. The Morgan fingerprint density at radius 3 is 2.62 bits per heavy atom. The molecule has 0 aliphatic carbocycles. The summed E-state index contributed by atoms with van der Waals surface area (Å²) in [5.41, 5.74) is 0.976. The number of rotatable bonds is 7. The molecule has 2 nitrogen and oxygen atoms in total. The molecule has 1 rings (SSSR count). The maximum atomic E-state index is 10.0. The van der Waals surface area contributed by atoms with Gasteiger partial charge in [0.15, 0.2) is 0 Å². The molecule has 16 heavy (non-hydrogen) atoms. The van der Waals surface area contributed by atoms with Crippen LogP contribution in [-0.2, 0) is 4.79 Å². The highest BCUT2D eigenvalue weighted by Crippen LogP contribution is 2.13. The second-order valence-corrected chi connectivity index (χ2v) is 3.58. The summed E-state index contributed by atoms with van der Waals surface area (Å²) in [5.74, 6) is 0.878. The van der Waals surface area contributed by atoms with Gasteiger partial charge in [-0.1, -0.05) is 38.0 Å². The van der Waals surface area contributed by atoms with Gasteiger partial charge in [0.1, 0.15) is 5.75 Å². The van der Waals surface area contributed by atoms with Crippen molar-refractivity contribution < 1.29 is 9.53 Å². The SMILES string of the molecule is CCCCCOc1ccc(/C=C/[C]=O)cc1. The fourth-order valence-electron chi connectivity index (χ4n) is 1.35. The molecule has 0 unspecified atom stereocenters. The molecule has 0 atom stereocenters. The molecular weight excluding hydrogens is 200 g/mol. The van der Waals surface area contributed by atoms with Crippen LogP contribution in [0, 0.1) is 0 Å². The maximum Gasteiger partial charge on any atom is 0.225 e. The zero-order chi connectivity index (χ0) is 11.6. The molecule has 1 aromatic carbocycles. The van der Waals surface area contributed by atoms with Crippen LogP contribution < -0.4 is 4.74 Å². The van der Waals surface area contributed by atoms with Crippen LogP contribution in [0.2, 0.25) is 0 Å². The summed E-state index contributed by atoms with van der Waals surface area (Å²) < 4.78 is 5.57. The van der Waals surface area contributed by atoms with E-state index in [0.29, 0.717) is 0 Å². The predicted molar refractivity (Wildman–Crippen MR) is 66.2 cm³/mol. The van der Waals surface area contributed by atoms with Crippen molar-refractivity contribution in [1.29, 1.82) is 0 Å². The van der Waals surface area contributed by atoms with E-state index in [1.807, 2.05) is 24.3 Å². The van der Waals surface area contributed by atoms with Crippen molar-refractivity contribution in [1.82, 2.24) is 0 Å². The van der Waals surface area contributed by atoms with Gasteiger partial charge in [-0.2, -0.15) is 0 Å². The average molecular weight is 217 g/mol. The number of benzene rings is 1. The molecule has 0 N–H and O–H groups in total. The van der Waals surface area contributed by atoms with Crippen LogP contribution in [0.25, 0.3) is 6.08 Å². The molecule has 0 spiro atoms. The summed E-state index contributed by atoms with van der Waals surface area (Å²) in [4.78, 5) is 10.0. The lowest BCUT2D eigenvalue weighted by atomic mass is 10.2. The molecule has 1 radical (unpaired) electrons. The summed E-state index contributed by atoms with van der Waals surface area (Å²) >= 11 is 0. The van der Waals surface area contributed by atoms with Crippen LogP contribution in [-0.4, -0.2) is 12.9 Å². The van der Waals surface area contributed by atoms with Crippen LogP contribution in [0.5, 0.6) is 5.75 Å². The lowest BCUT2D eigenvalue weighted by Crippen LogP contribution is -1.96. The van der Waals surface area contributed by atoms with Crippen LogP contribution in [0.4, 0.5) is 0 Å². The quantitative estimate of drug-likeness (QED) is 0.517. The van der Waals surface area contributed by atoms with Gasteiger partial charge in [0.05, 0.1) is 6.61 Å². The van der Waals surface area contributed by atoms with Crippen LogP contribution >= 0.6 is 0 Å². The van der Waals surface area contributed by atoms with Gasteiger partial charge in [-0.25, -0.2) is 0 Å². The zero-order valence-electron chi connectivity index (χ0n) is 9.61. The minimum Gasteiger partial charge on any atom is -0.494 e. The molecule has 0 heterocycles. The van der Waals surface area contributed by atoms with Crippen molar-refractivity contribution in [3.63, 3.8) is 0 Å². The minimum absolute atomic E-state index is 0.769. The second-order valence-electron chi connectivity index (χ2n) is 3.58. The first-order valence-electron chi connectivity index (χ1n) is 5.64. The molecular formula is C14H17O2. The van der Waals surface area contributed by atoms with Gasteiger partial charge < -0.3 is 4.74 Å². The molecule has 0 saturated heterocycles. The van der Waals surface area contributed by atoms with Gasteiger partial charge in [0.2, 0.25) is 6.29 Å². The lowest BCUT2D eigenvalue weighted by molar-refractivity contribution is 0.306. The maximum absolute atomic E-state index is 10.0. The first kappa shape index (κ1) is 12.5. The van der Waals surface area contributed by atoms with Gasteiger partial charge in [0.25, 0.3) is 0 Å². The molecule has 1 aromatic rings. The van der Waals surface area contributed by atoms with E-state index in [4.69, 9.17) is 4.74 Å². The van der Waals surface area contributed by atoms with Crippen molar-refractivity contribution in [2.24, 2.45) is 0 Å². The van der Waals surface area contributed by atoms with E-state index in [9.17, 15) is 4.79 Å². The zero-order valence-corrected chi connectivity index (χ0v) is 9.61. The normalized spacial score (nSPS) is 10.6. The van der Waals surface area contributed by atoms with E-state index >= 15 is 0 Å². The van der Waals surface area contributed by atoms with Gasteiger partial charge >= 0.3 is 0 Å². The molecule has 0 bridgehead atoms. The third kappa shape index (κ3) is 4.78. The minimum atomic E-state index is 0.769. The van der Waals surface area contributed by atoms with E-state index in [2.05, 4.69) is 6.92 Å². The van der Waals surface area contributed by atoms with Gasteiger partial charge in [-0.3, -0.25) is 4.79 Å². The van der Waals surface area contributed by atoms with Crippen LogP contribution in [0.15, 0.2) is 30.3 Å². The average Bonchev–Trinajstić information content (AvgIpc) is 2.33. The molecule has 0 aliphatic heterocycles. The first-order valence-corrected chi connectivity index (χ1v) is 5.64. The molecule has 0 aliphatic rings. The van der Waals surface area contributed by atoms with Crippen molar-refractivity contribution in [3.05, 3.63) is 35.9 Å². The van der Waals surface area contributed by atoms with E-state index in [1.165, 1.54) is 18.9 Å². The largest absolute Gasteiger partial charge is 0.494 e. The summed E-state index contributed by atoms with van der Waals surface area (Å²) in [5, 5.41) is 0. The molecule has 2 heteroatoms. The Morgan fingerprint density at radius 2 is 2.00 bits per heavy atom. The fraction of sp³-hybridized carbons (Fsp3) is 0.357. The van der Waals surface area contributed by atoms with Crippen molar-refractivity contribution >= 4 is 12.4 Å². The van der Waals surface area contributed by atoms with Gasteiger partial charge in [-0.15, -0.1) is 0 Å². The number of allylic oxidation sites excluding steroid dienone is 1. The Balaban J connectivity index is 2.39. The predicted octanol–water partition coefficient (Wildman–Crippen LogP) is 3.38. The summed E-state index contributed by atoms with van der Waals surface area (Å²) in [6.45, 7) is 2.94. The van der Waals surface area contributed by atoms with Gasteiger partial charge in [-0.05, 0) is 30.2 Å². The Morgan fingerprint density at radius 1 is 1.25 bits per heavy atom. The number of carbonyl (C=O) groups excluding carboxylic acids is 1. The first-order chi connectivity index (χ1) is 7.86. The number of hydrogen-bond donors (Lipinski definition) is 0.